The van der Waals surface area contributed by atoms with Gasteiger partial charge in [-0.3, -0.25) is 23.8 Å². The Labute approximate surface area is 233 Å². The molecule has 0 radical (unpaired) electrons. The van der Waals surface area contributed by atoms with Crippen LogP contribution in [-0.4, -0.2) is 50.2 Å². The highest BCUT2D eigenvalue weighted by Gasteiger charge is 2.28. The van der Waals surface area contributed by atoms with Crippen LogP contribution in [0.25, 0.3) is 11.2 Å². The van der Waals surface area contributed by atoms with Gasteiger partial charge in [-0.25, -0.2) is 9.18 Å². The van der Waals surface area contributed by atoms with Crippen LogP contribution in [0.1, 0.15) is 50.3 Å². The first-order valence-corrected chi connectivity index (χ1v) is 14.2. The summed E-state index contributed by atoms with van der Waals surface area (Å²) in [5.74, 6) is 0.696. The molecule has 1 aliphatic heterocycles. The average Bonchev–Trinajstić information content (AvgIpc) is 3.67. The molecule has 4 aromatic rings. The van der Waals surface area contributed by atoms with E-state index in [1.807, 2.05) is 0 Å². The van der Waals surface area contributed by atoms with E-state index in [-0.39, 0.29) is 17.8 Å². The lowest BCUT2D eigenvalue weighted by Gasteiger charge is -2.35. The second-order valence-electron chi connectivity index (χ2n) is 12.3. The zero-order valence-corrected chi connectivity index (χ0v) is 23.5. The number of aromatic amines is 1. The number of hydrogen-bond acceptors (Lipinski definition) is 5. The molecular formula is C31H37FN6O2. The minimum atomic E-state index is -0.487. The molecule has 0 bridgehead atoms. The number of H-pyrrole nitrogens is 1. The third kappa shape index (κ3) is 5.35. The number of rotatable bonds is 7. The maximum absolute atomic E-state index is 14.7. The van der Waals surface area contributed by atoms with E-state index in [4.69, 9.17) is 4.98 Å². The van der Waals surface area contributed by atoms with Gasteiger partial charge in [0.1, 0.15) is 5.82 Å². The van der Waals surface area contributed by atoms with Crippen molar-refractivity contribution in [3.05, 3.63) is 91.9 Å². The molecule has 40 heavy (non-hydrogen) atoms. The Morgan fingerprint density at radius 1 is 0.925 bits per heavy atom. The van der Waals surface area contributed by atoms with Crippen LogP contribution in [0, 0.1) is 11.7 Å². The molecule has 9 heteroatoms. The van der Waals surface area contributed by atoms with Crippen molar-refractivity contribution in [2.45, 2.75) is 58.7 Å². The predicted octanol–water partition coefficient (Wildman–Crippen LogP) is 4.10. The summed E-state index contributed by atoms with van der Waals surface area (Å²) in [5.41, 5.74) is 2.99. The molecular weight excluding hydrogens is 507 g/mol. The molecule has 2 aromatic heterocycles. The van der Waals surface area contributed by atoms with Gasteiger partial charge in [0, 0.05) is 44.8 Å². The van der Waals surface area contributed by atoms with Crippen molar-refractivity contribution in [3.63, 3.8) is 0 Å². The van der Waals surface area contributed by atoms with Gasteiger partial charge in [-0.1, -0.05) is 63.2 Å². The first kappa shape index (κ1) is 26.5. The summed E-state index contributed by atoms with van der Waals surface area (Å²) in [6.07, 6.45) is 2.13. The summed E-state index contributed by atoms with van der Waals surface area (Å²) in [4.78, 5) is 37.9. The van der Waals surface area contributed by atoms with Gasteiger partial charge in [-0.05, 0) is 41.4 Å². The number of hydrogen-bond donors (Lipinski definition) is 1. The van der Waals surface area contributed by atoms with E-state index < -0.39 is 11.2 Å². The van der Waals surface area contributed by atoms with Gasteiger partial charge < -0.3 is 4.90 Å². The van der Waals surface area contributed by atoms with Crippen LogP contribution in [0.4, 0.5) is 10.3 Å². The summed E-state index contributed by atoms with van der Waals surface area (Å²) < 4.78 is 18.1. The lowest BCUT2D eigenvalue weighted by molar-refractivity contribution is 0.248. The first-order chi connectivity index (χ1) is 19.2. The number of fused-ring (bicyclic) bond motifs is 1. The minimum absolute atomic E-state index is 0.129. The second-order valence-corrected chi connectivity index (χ2v) is 12.3. The number of halogens is 1. The molecule has 2 aromatic carbocycles. The van der Waals surface area contributed by atoms with E-state index >= 15 is 0 Å². The molecule has 8 nitrogen and oxygen atoms in total. The molecule has 2 aliphatic rings. The number of piperazine rings is 1. The van der Waals surface area contributed by atoms with Crippen molar-refractivity contribution in [1.82, 2.24) is 24.0 Å². The second kappa shape index (κ2) is 10.4. The van der Waals surface area contributed by atoms with Gasteiger partial charge in [0.25, 0.3) is 5.56 Å². The number of anilines is 1. The number of imidazole rings is 1. The van der Waals surface area contributed by atoms with Gasteiger partial charge in [0.15, 0.2) is 11.2 Å². The van der Waals surface area contributed by atoms with E-state index in [1.165, 1.54) is 17.2 Å². The van der Waals surface area contributed by atoms with Crippen LogP contribution in [0.3, 0.4) is 0 Å². The highest BCUT2D eigenvalue weighted by Crippen LogP contribution is 2.31. The van der Waals surface area contributed by atoms with Gasteiger partial charge in [0.05, 0.1) is 6.54 Å². The average molecular weight is 545 g/mol. The van der Waals surface area contributed by atoms with Crippen LogP contribution < -0.4 is 16.1 Å². The van der Waals surface area contributed by atoms with Crippen LogP contribution in [0.15, 0.2) is 58.1 Å². The largest absolute Gasteiger partial charge is 0.340 e. The van der Waals surface area contributed by atoms with Crippen molar-refractivity contribution in [2.24, 2.45) is 5.92 Å². The summed E-state index contributed by atoms with van der Waals surface area (Å²) >= 11 is 0. The van der Waals surface area contributed by atoms with Crippen LogP contribution in [0.2, 0.25) is 0 Å². The fourth-order valence-electron chi connectivity index (χ4n) is 5.55. The summed E-state index contributed by atoms with van der Waals surface area (Å²) in [6, 6.07) is 15.5. The van der Waals surface area contributed by atoms with E-state index in [0.29, 0.717) is 48.2 Å². The Kier molecular flexibility index (Phi) is 6.86. The third-order valence-electron chi connectivity index (χ3n) is 8.17. The Morgan fingerprint density at radius 3 is 2.27 bits per heavy atom. The molecule has 1 N–H and O–H groups in total. The molecule has 210 valence electrons. The fraction of sp³-hybridized carbons (Fsp3) is 0.452. The molecule has 0 unspecified atom stereocenters. The highest BCUT2D eigenvalue weighted by molar-refractivity contribution is 5.75. The lowest BCUT2D eigenvalue weighted by Crippen LogP contribution is -2.47. The van der Waals surface area contributed by atoms with Crippen molar-refractivity contribution < 1.29 is 4.39 Å². The minimum Gasteiger partial charge on any atom is -0.340 e. The molecule has 1 saturated carbocycles. The monoisotopic (exact) mass is 544 g/mol. The van der Waals surface area contributed by atoms with E-state index in [9.17, 15) is 14.0 Å². The molecule has 0 amide bonds. The third-order valence-corrected chi connectivity index (χ3v) is 8.17. The summed E-state index contributed by atoms with van der Waals surface area (Å²) in [7, 11) is 0. The molecule has 1 aliphatic carbocycles. The topological polar surface area (TPSA) is 79.2 Å². The molecule has 1 saturated heterocycles. The molecule has 0 spiro atoms. The van der Waals surface area contributed by atoms with E-state index in [2.05, 4.69) is 59.8 Å². The Balaban J connectivity index is 1.29. The molecule has 6 rings (SSSR count). The molecule has 2 fully saturated rings. The van der Waals surface area contributed by atoms with Crippen molar-refractivity contribution in [3.8, 4) is 0 Å². The zero-order chi connectivity index (χ0) is 28.0. The van der Waals surface area contributed by atoms with Gasteiger partial charge in [-0.2, -0.15) is 4.98 Å². The van der Waals surface area contributed by atoms with E-state index in [1.54, 1.807) is 27.3 Å². The van der Waals surface area contributed by atoms with Gasteiger partial charge in [-0.15, -0.1) is 0 Å². The van der Waals surface area contributed by atoms with Crippen molar-refractivity contribution in [2.75, 3.05) is 31.1 Å². The Bertz CT molecular complexity index is 1630. The number of aromatic nitrogens is 4. The number of nitrogens with one attached hydrogen (secondary N) is 1. The first-order valence-electron chi connectivity index (χ1n) is 14.2. The highest BCUT2D eigenvalue weighted by atomic mass is 19.1. The van der Waals surface area contributed by atoms with Gasteiger partial charge >= 0.3 is 5.69 Å². The number of nitrogens with zero attached hydrogens (tertiary/aromatic N) is 5. The number of benzene rings is 2. The van der Waals surface area contributed by atoms with Crippen LogP contribution >= 0.6 is 0 Å². The summed E-state index contributed by atoms with van der Waals surface area (Å²) in [6.45, 7) is 11.3. The van der Waals surface area contributed by atoms with E-state index in [0.717, 1.165) is 32.5 Å². The summed E-state index contributed by atoms with van der Waals surface area (Å²) in [5, 5.41) is 0. The molecule has 0 atom stereocenters. The maximum Gasteiger partial charge on any atom is 0.330 e. The molecule has 3 heterocycles. The maximum atomic E-state index is 14.7. The quantitative estimate of drug-likeness (QED) is 0.379. The van der Waals surface area contributed by atoms with Crippen LogP contribution in [-0.2, 0) is 25.0 Å². The van der Waals surface area contributed by atoms with Crippen molar-refractivity contribution in [1.29, 1.82) is 0 Å². The standard InChI is InChI=1S/C31H37FN6O2/c1-31(2,3)24-12-10-21(11-13-24)18-35-14-16-36(17-15-35)29-33-27-26(37(29)20-23-6-4-5-7-25(23)32)28(39)34-30(40)38(27)19-22-8-9-22/h4-7,10-13,22H,8-9,14-20H2,1-3H3,(H,34,39,40). The zero-order valence-electron chi connectivity index (χ0n) is 23.5. The SMILES string of the molecule is CC(C)(C)c1ccc(CN2CCN(c3nc4c(c(=O)[nH]c(=O)n4CC4CC4)n3Cc3ccccc3F)CC2)cc1. The fourth-order valence-corrected chi connectivity index (χ4v) is 5.55. The van der Waals surface area contributed by atoms with Gasteiger partial charge in [0.2, 0.25) is 5.95 Å². The smallest absolute Gasteiger partial charge is 0.330 e. The predicted molar refractivity (Wildman–Crippen MR) is 155 cm³/mol. The van der Waals surface area contributed by atoms with Crippen molar-refractivity contribution >= 4 is 17.1 Å². The normalized spacial score (nSPS) is 16.6. The Hall–Kier alpha value is -3.72. The lowest BCUT2D eigenvalue weighted by atomic mass is 9.87. The Morgan fingerprint density at radius 2 is 1.62 bits per heavy atom. The van der Waals surface area contributed by atoms with Crippen LogP contribution in [0.5, 0.6) is 0 Å².